The van der Waals surface area contributed by atoms with Crippen molar-refractivity contribution in [3.63, 3.8) is 0 Å². The number of nitrogens with one attached hydrogen (secondary N) is 1. The predicted molar refractivity (Wildman–Crippen MR) is 86.8 cm³/mol. The molecule has 130 valence electrons. The topological polar surface area (TPSA) is 92.3 Å². The number of nitrogens with zero attached hydrogens (tertiary/aromatic N) is 5. The van der Waals surface area contributed by atoms with Crippen molar-refractivity contribution in [3.8, 4) is 0 Å². The van der Waals surface area contributed by atoms with Crippen LogP contribution in [0.5, 0.6) is 0 Å². The first kappa shape index (κ1) is 14.8. The minimum Gasteiger partial charge on any atom is -0.438 e. The molecule has 8 nitrogen and oxygen atoms in total. The van der Waals surface area contributed by atoms with Gasteiger partial charge in [0, 0.05) is 24.9 Å². The number of carbonyl (C=O) groups is 1. The van der Waals surface area contributed by atoms with E-state index < -0.39 is 6.04 Å². The van der Waals surface area contributed by atoms with Crippen LogP contribution in [0.25, 0.3) is 5.52 Å². The van der Waals surface area contributed by atoms with Gasteiger partial charge in [-0.3, -0.25) is 4.79 Å². The first-order valence-corrected chi connectivity index (χ1v) is 8.07. The summed E-state index contributed by atoms with van der Waals surface area (Å²) >= 11 is 0. The molecule has 26 heavy (non-hydrogen) atoms. The van der Waals surface area contributed by atoms with E-state index >= 15 is 0 Å². The zero-order valence-electron chi connectivity index (χ0n) is 13.5. The van der Waals surface area contributed by atoms with E-state index in [9.17, 15) is 9.18 Å². The van der Waals surface area contributed by atoms with Gasteiger partial charge in [0.1, 0.15) is 11.9 Å². The third kappa shape index (κ3) is 2.20. The van der Waals surface area contributed by atoms with E-state index in [0.29, 0.717) is 24.2 Å². The Morgan fingerprint density at radius 1 is 1.38 bits per heavy atom. The first-order chi connectivity index (χ1) is 12.7. The van der Waals surface area contributed by atoms with Crippen LogP contribution in [-0.2, 0) is 6.42 Å². The summed E-state index contributed by atoms with van der Waals surface area (Å²) in [4.78, 5) is 25.9. The van der Waals surface area contributed by atoms with Crippen molar-refractivity contribution in [1.29, 1.82) is 0 Å². The van der Waals surface area contributed by atoms with Gasteiger partial charge in [0.05, 0.1) is 29.4 Å². The van der Waals surface area contributed by atoms with Gasteiger partial charge >= 0.3 is 0 Å². The van der Waals surface area contributed by atoms with Gasteiger partial charge in [0.25, 0.3) is 5.91 Å². The largest absolute Gasteiger partial charge is 0.438 e. The molecule has 5 rings (SSSR count). The molecule has 5 heterocycles. The van der Waals surface area contributed by atoms with E-state index in [0.717, 1.165) is 11.4 Å². The van der Waals surface area contributed by atoms with Gasteiger partial charge in [-0.2, -0.15) is 5.10 Å². The second kappa shape index (κ2) is 5.51. The van der Waals surface area contributed by atoms with E-state index in [1.807, 2.05) is 0 Å². The number of oxazole rings is 1. The van der Waals surface area contributed by atoms with Crippen LogP contribution in [0.1, 0.15) is 33.7 Å². The van der Waals surface area contributed by atoms with Crippen molar-refractivity contribution < 1.29 is 13.6 Å². The second-order valence-corrected chi connectivity index (χ2v) is 6.07. The van der Waals surface area contributed by atoms with E-state index in [4.69, 9.17) is 4.42 Å². The Hall–Kier alpha value is -3.49. The third-order valence-corrected chi connectivity index (χ3v) is 4.55. The van der Waals surface area contributed by atoms with E-state index in [2.05, 4.69) is 20.1 Å². The number of aromatic nitrogens is 5. The molecule has 0 radical (unpaired) electrons. The number of rotatable bonds is 2. The smallest absolute Gasteiger partial charge is 0.292 e. The van der Waals surface area contributed by atoms with Crippen molar-refractivity contribution in [2.45, 2.75) is 12.5 Å². The molecule has 1 aliphatic rings. The molecule has 4 aromatic rings. The summed E-state index contributed by atoms with van der Waals surface area (Å²) in [6, 6.07) is 4.00. The van der Waals surface area contributed by atoms with Crippen LogP contribution in [0.4, 0.5) is 4.39 Å². The Morgan fingerprint density at radius 3 is 3.15 bits per heavy atom. The minimum absolute atomic E-state index is 0.156. The Morgan fingerprint density at radius 2 is 2.31 bits per heavy atom. The molecule has 0 saturated heterocycles. The normalized spacial score (nSPS) is 16.8. The number of halogens is 1. The number of carbonyl (C=O) groups excluding carboxylic acids is 1. The summed E-state index contributed by atoms with van der Waals surface area (Å²) in [7, 11) is 0. The fraction of sp³-hybridized carbons (Fsp3) is 0.176. The Kier molecular flexibility index (Phi) is 3.14. The van der Waals surface area contributed by atoms with Gasteiger partial charge in [-0.25, -0.2) is 18.9 Å². The number of pyridine rings is 1. The van der Waals surface area contributed by atoms with E-state index in [-0.39, 0.29) is 17.5 Å². The number of amides is 1. The maximum absolute atomic E-state index is 13.5. The second-order valence-electron chi connectivity index (χ2n) is 6.07. The van der Waals surface area contributed by atoms with Crippen molar-refractivity contribution in [1.82, 2.24) is 29.5 Å². The lowest BCUT2D eigenvalue weighted by atomic mass is 9.99. The highest BCUT2D eigenvalue weighted by atomic mass is 19.1. The SMILES string of the molecule is O=C(c1cnco1)N1CCc2[nH]cnc2C1c1cc2cc(F)ccn2n1. The molecule has 0 bridgehead atoms. The van der Waals surface area contributed by atoms with Crippen LogP contribution in [0.15, 0.2) is 47.7 Å². The van der Waals surface area contributed by atoms with Crippen LogP contribution >= 0.6 is 0 Å². The lowest BCUT2D eigenvalue weighted by Crippen LogP contribution is -2.40. The number of aromatic amines is 1. The molecule has 1 amide bonds. The van der Waals surface area contributed by atoms with Crippen LogP contribution in [0, 0.1) is 5.82 Å². The fourth-order valence-corrected chi connectivity index (χ4v) is 3.38. The quantitative estimate of drug-likeness (QED) is 0.595. The molecule has 0 aromatic carbocycles. The molecule has 0 aliphatic carbocycles. The standard InChI is InChI=1S/C17H13FN6O2/c18-10-1-4-24-11(5-10)6-13(22-24)16-15-12(20-8-21-15)2-3-23(16)17(25)14-7-19-9-26-14/h1,4-9,16H,2-3H2,(H,20,21). The highest BCUT2D eigenvalue weighted by Crippen LogP contribution is 2.34. The van der Waals surface area contributed by atoms with Crippen molar-refractivity contribution in [2.24, 2.45) is 0 Å². The molecule has 9 heteroatoms. The number of hydrogen-bond donors (Lipinski definition) is 1. The van der Waals surface area contributed by atoms with Crippen molar-refractivity contribution in [2.75, 3.05) is 6.54 Å². The number of hydrogen-bond acceptors (Lipinski definition) is 5. The summed E-state index contributed by atoms with van der Waals surface area (Å²) in [5, 5.41) is 4.53. The lowest BCUT2D eigenvalue weighted by Gasteiger charge is -2.33. The van der Waals surface area contributed by atoms with Crippen molar-refractivity contribution >= 4 is 11.4 Å². The average molecular weight is 352 g/mol. The lowest BCUT2D eigenvalue weighted by molar-refractivity contribution is 0.0654. The fourth-order valence-electron chi connectivity index (χ4n) is 3.38. The molecular formula is C17H13FN6O2. The summed E-state index contributed by atoms with van der Waals surface area (Å²) in [6.07, 6.45) is 6.41. The molecule has 4 aromatic heterocycles. The predicted octanol–water partition coefficient (Wildman–Crippen LogP) is 1.97. The summed E-state index contributed by atoms with van der Waals surface area (Å²) < 4.78 is 20.3. The van der Waals surface area contributed by atoms with Gasteiger partial charge < -0.3 is 14.3 Å². The molecule has 0 saturated carbocycles. The van der Waals surface area contributed by atoms with E-state index in [1.165, 1.54) is 24.7 Å². The van der Waals surface area contributed by atoms with Crippen LogP contribution in [0.2, 0.25) is 0 Å². The van der Waals surface area contributed by atoms with Gasteiger partial charge in [0.2, 0.25) is 5.76 Å². The molecule has 1 unspecified atom stereocenters. The van der Waals surface area contributed by atoms with Crippen molar-refractivity contribution in [3.05, 3.63) is 72.0 Å². The summed E-state index contributed by atoms with van der Waals surface area (Å²) in [5.41, 5.74) is 2.90. The molecule has 1 N–H and O–H groups in total. The number of imidazole rings is 1. The maximum atomic E-state index is 13.5. The van der Waals surface area contributed by atoms with Gasteiger partial charge in [0.15, 0.2) is 6.39 Å². The minimum atomic E-state index is -0.495. The molecule has 0 fully saturated rings. The van der Waals surface area contributed by atoms with Crippen LogP contribution < -0.4 is 0 Å². The molecule has 0 spiro atoms. The van der Waals surface area contributed by atoms with Gasteiger partial charge in [-0.15, -0.1) is 0 Å². The summed E-state index contributed by atoms with van der Waals surface area (Å²) in [6.45, 7) is 0.474. The summed E-state index contributed by atoms with van der Waals surface area (Å²) in [5.74, 6) is -0.476. The van der Waals surface area contributed by atoms with Crippen LogP contribution in [0.3, 0.4) is 0 Å². The highest BCUT2D eigenvalue weighted by Gasteiger charge is 2.37. The maximum Gasteiger partial charge on any atom is 0.292 e. The highest BCUT2D eigenvalue weighted by molar-refractivity contribution is 5.91. The Balaban J connectivity index is 1.64. The number of fused-ring (bicyclic) bond motifs is 2. The monoisotopic (exact) mass is 352 g/mol. The number of H-pyrrole nitrogens is 1. The zero-order valence-corrected chi connectivity index (χ0v) is 13.5. The van der Waals surface area contributed by atoms with Crippen LogP contribution in [-0.4, -0.2) is 41.9 Å². The average Bonchev–Trinajstić information content (AvgIpc) is 3.38. The molecular weight excluding hydrogens is 339 g/mol. The van der Waals surface area contributed by atoms with Gasteiger partial charge in [-0.1, -0.05) is 0 Å². The van der Waals surface area contributed by atoms with Gasteiger partial charge in [-0.05, 0) is 18.2 Å². The zero-order chi connectivity index (χ0) is 17.7. The molecule has 1 atom stereocenters. The Bertz CT molecular complexity index is 1100. The third-order valence-electron chi connectivity index (χ3n) is 4.55. The van der Waals surface area contributed by atoms with E-state index in [1.54, 1.807) is 28.0 Å². The molecule has 1 aliphatic heterocycles. The first-order valence-electron chi connectivity index (χ1n) is 8.07. The Labute approximate surface area is 146 Å².